The lowest BCUT2D eigenvalue weighted by Gasteiger charge is -2.47. The molecular weight excluding hydrogens is 350 g/mol. The largest absolute Gasteiger partial charge is 0.497 e. The van der Waals surface area contributed by atoms with E-state index in [0.29, 0.717) is 12.5 Å². The molecule has 2 aliphatic rings. The van der Waals surface area contributed by atoms with Gasteiger partial charge in [0, 0.05) is 11.7 Å². The van der Waals surface area contributed by atoms with Crippen molar-refractivity contribution < 1.29 is 14.6 Å². The summed E-state index contributed by atoms with van der Waals surface area (Å²) in [6.07, 6.45) is 6.73. The molecule has 1 fully saturated rings. The monoisotopic (exact) mass is 379 g/mol. The molecule has 28 heavy (non-hydrogen) atoms. The summed E-state index contributed by atoms with van der Waals surface area (Å²) in [6.45, 7) is 2.09. The molecule has 0 bridgehead atoms. The van der Waals surface area contributed by atoms with Crippen molar-refractivity contribution in [3.63, 3.8) is 0 Å². The van der Waals surface area contributed by atoms with Crippen LogP contribution in [0, 0.1) is 6.92 Å². The van der Waals surface area contributed by atoms with E-state index in [-0.39, 0.29) is 6.04 Å². The van der Waals surface area contributed by atoms with Crippen molar-refractivity contribution >= 4 is 11.7 Å². The Labute approximate surface area is 167 Å². The number of carboxylic acid groups (broad SMARTS) is 1. The van der Waals surface area contributed by atoms with Gasteiger partial charge in [0.2, 0.25) is 0 Å². The molecule has 2 aromatic rings. The number of fused-ring (bicyclic) bond motifs is 1. The summed E-state index contributed by atoms with van der Waals surface area (Å²) in [5.74, 6) is -0.548. The van der Waals surface area contributed by atoms with Crippen LogP contribution in [0.25, 0.3) is 0 Å². The summed E-state index contributed by atoms with van der Waals surface area (Å²) in [6, 6.07) is 15.1. The second-order valence-electron chi connectivity index (χ2n) is 8.18. The van der Waals surface area contributed by atoms with E-state index in [2.05, 4.69) is 42.2 Å². The highest BCUT2D eigenvalue weighted by Gasteiger charge is 2.40. The zero-order chi connectivity index (χ0) is 19.7. The molecule has 1 aliphatic heterocycles. The number of hydrogen-bond acceptors (Lipinski definition) is 3. The molecule has 0 saturated heterocycles. The van der Waals surface area contributed by atoms with E-state index in [1.54, 1.807) is 7.11 Å². The Balaban J connectivity index is 1.84. The number of carboxylic acids is 1. The summed E-state index contributed by atoms with van der Waals surface area (Å²) in [5, 5.41) is 9.99. The number of hydrogen-bond donors (Lipinski definition) is 1. The zero-order valence-electron chi connectivity index (χ0n) is 16.7. The number of aliphatic carboxylic acids is 1. The number of carbonyl (C=O) groups is 1. The van der Waals surface area contributed by atoms with E-state index in [4.69, 9.17) is 4.74 Å². The van der Waals surface area contributed by atoms with Crippen LogP contribution in [0.3, 0.4) is 0 Å². The number of aryl methyl sites for hydroxylation is 1. The van der Waals surface area contributed by atoms with Crippen LogP contribution in [0.1, 0.15) is 67.2 Å². The summed E-state index contributed by atoms with van der Waals surface area (Å²) >= 11 is 0. The molecule has 0 amide bonds. The number of nitrogens with zero attached hydrogens (tertiary/aromatic N) is 1. The predicted octanol–water partition coefficient (Wildman–Crippen LogP) is 5.46. The van der Waals surface area contributed by atoms with Crippen LogP contribution >= 0.6 is 0 Å². The van der Waals surface area contributed by atoms with Crippen LogP contribution in [-0.4, -0.2) is 24.2 Å². The predicted molar refractivity (Wildman–Crippen MR) is 111 cm³/mol. The standard InChI is InChI=1S/C24H29NO3/c1-16-8-10-17(11-9-16)23-15-21(24(26)27)20-14-19(28-2)12-13-22(20)25(23)18-6-4-3-5-7-18/h8-14,18,21,23H,3-7,15H2,1-2H3,(H,26,27). The van der Waals surface area contributed by atoms with Gasteiger partial charge in [-0.05, 0) is 55.5 Å². The number of ether oxygens (including phenoxy) is 1. The second-order valence-corrected chi connectivity index (χ2v) is 8.18. The SMILES string of the molecule is COc1ccc2c(c1)C(C(=O)O)CC(c1ccc(C)cc1)N2C1CCCCC1. The van der Waals surface area contributed by atoms with E-state index >= 15 is 0 Å². The fourth-order valence-electron chi connectivity index (χ4n) is 4.94. The van der Waals surface area contributed by atoms with Gasteiger partial charge in [0.05, 0.1) is 19.1 Å². The Morgan fingerprint density at radius 3 is 2.43 bits per heavy atom. The lowest BCUT2D eigenvalue weighted by molar-refractivity contribution is -0.139. The van der Waals surface area contributed by atoms with Crippen molar-refractivity contribution in [3.8, 4) is 5.75 Å². The maximum atomic E-state index is 12.2. The van der Waals surface area contributed by atoms with Crippen LogP contribution in [0.4, 0.5) is 5.69 Å². The Hall–Kier alpha value is -2.49. The average Bonchev–Trinajstić information content (AvgIpc) is 2.73. The van der Waals surface area contributed by atoms with Crippen molar-refractivity contribution in [2.45, 2.75) is 63.5 Å². The van der Waals surface area contributed by atoms with Crippen LogP contribution in [0.2, 0.25) is 0 Å². The molecule has 2 atom stereocenters. The fourth-order valence-corrected chi connectivity index (χ4v) is 4.94. The van der Waals surface area contributed by atoms with Gasteiger partial charge in [0.25, 0.3) is 0 Å². The highest BCUT2D eigenvalue weighted by molar-refractivity contribution is 5.81. The molecule has 4 heteroatoms. The van der Waals surface area contributed by atoms with Crippen LogP contribution in [0.5, 0.6) is 5.75 Å². The molecule has 1 aliphatic carbocycles. The molecule has 0 radical (unpaired) electrons. The van der Waals surface area contributed by atoms with Crippen LogP contribution in [-0.2, 0) is 4.79 Å². The fraction of sp³-hybridized carbons (Fsp3) is 0.458. The summed E-state index contributed by atoms with van der Waals surface area (Å²) in [5.41, 5.74) is 4.39. The smallest absolute Gasteiger partial charge is 0.311 e. The molecule has 0 aromatic heterocycles. The first-order chi connectivity index (χ1) is 13.6. The molecule has 4 rings (SSSR count). The van der Waals surface area contributed by atoms with Gasteiger partial charge in [-0.2, -0.15) is 0 Å². The van der Waals surface area contributed by atoms with Gasteiger partial charge < -0.3 is 14.7 Å². The maximum Gasteiger partial charge on any atom is 0.311 e. The van der Waals surface area contributed by atoms with E-state index in [0.717, 1.165) is 17.0 Å². The third-order valence-electron chi connectivity index (χ3n) is 6.41. The van der Waals surface area contributed by atoms with E-state index in [9.17, 15) is 9.90 Å². The van der Waals surface area contributed by atoms with E-state index < -0.39 is 11.9 Å². The molecule has 0 spiro atoms. The number of methoxy groups -OCH3 is 1. The highest BCUT2D eigenvalue weighted by Crippen LogP contribution is 2.48. The summed E-state index contributed by atoms with van der Waals surface area (Å²) < 4.78 is 5.40. The van der Waals surface area contributed by atoms with Crippen molar-refractivity contribution in [1.82, 2.24) is 0 Å². The van der Waals surface area contributed by atoms with E-state index in [1.807, 2.05) is 12.1 Å². The molecule has 4 nitrogen and oxygen atoms in total. The summed E-state index contributed by atoms with van der Waals surface area (Å²) in [4.78, 5) is 14.7. The van der Waals surface area contributed by atoms with Gasteiger partial charge in [-0.3, -0.25) is 4.79 Å². The lowest BCUT2D eigenvalue weighted by Crippen LogP contribution is -2.44. The first kappa shape index (κ1) is 18.9. The molecule has 1 heterocycles. The third-order valence-corrected chi connectivity index (χ3v) is 6.41. The van der Waals surface area contributed by atoms with Gasteiger partial charge in [-0.1, -0.05) is 49.1 Å². The first-order valence-electron chi connectivity index (χ1n) is 10.3. The maximum absolute atomic E-state index is 12.2. The van der Waals surface area contributed by atoms with Gasteiger partial charge >= 0.3 is 5.97 Å². The minimum Gasteiger partial charge on any atom is -0.497 e. The normalized spacial score (nSPS) is 22.6. The first-order valence-corrected chi connectivity index (χ1v) is 10.3. The van der Waals surface area contributed by atoms with E-state index in [1.165, 1.54) is 43.2 Å². The molecule has 148 valence electrons. The minimum absolute atomic E-state index is 0.0886. The number of anilines is 1. The second kappa shape index (κ2) is 7.86. The summed E-state index contributed by atoms with van der Waals surface area (Å²) in [7, 11) is 1.63. The van der Waals surface area contributed by atoms with Crippen molar-refractivity contribution in [2.75, 3.05) is 12.0 Å². The molecule has 2 aromatic carbocycles. The molecule has 2 unspecified atom stereocenters. The third kappa shape index (κ3) is 3.48. The van der Waals surface area contributed by atoms with Crippen molar-refractivity contribution in [2.24, 2.45) is 0 Å². The Morgan fingerprint density at radius 2 is 1.79 bits per heavy atom. The molecule has 1 N–H and O–H groups in total. The number of benzene rings is 2. The van der Waals surface area contributed by atoms with Crippen molar-refractivity contribution in [1.29, 1.82) is 0 Å². The average molecular weight is 380 g/mol. The van der Waals surface area contributed by atoms with Gasteiger partial charge in [-0.15, -0.1) is 0 Å². The van der Waals surface area contributed by atoms with Crippen LogP contribution in [0.15, 0.2) is 42.5 Å². The quantitative estimate of drug-likeness (QED) is 0.767. The Kier molecular flexibility index (Phi) is 5.29. The zero-order valence-corrected chi connectivity index (χ0v) is 16.7. The highest BCUT2D eigenvalue weighted by atomic mass is 16.5. The lowest BCUT2D eigenvalue weighted by atomic mass is 9.80. The van der Waals surface area contributed by atoms with Gasteiger partial charge in [0.15, 0.2) is 0 Å². The number of rotatable bonds is 4. The molecule has 1 saturated carbocycles. The van der Waals surface area contributed by atoms with Gasteiger partial charge in [-0.25, -0.2) is 0 Å². The van der Waals surface area contributed by atoms with Gasteiger partial charge in [0.1, 0.15) is 5.75 Å². The minimum atomic E-state index is -0.755. The Morgan fingerprint density at radius 1 is 1.07 bits per heavy atom. The topological polar surface area (TPSA) is 49.8 Å². The molecular formula is C24H29NO3. The van der Waals surface area contributed by atoms with Crippen LogP contribution < -0.4 is 9.64 Å². The van der Waals surface area contributed by atoms with Crippen molar-refractivity contribution in [3.05, 3.63) is 59.2 Å². The Bertz CT molecular complexity index is 839.